The van der Waals surface area contributed by atoms with Crippen molar-refractivity contribution >= 4 is 11.7 Å². The topological polar surface area (TPSA) is 58.4 Å². The molecule has 1 aromatic rings. The second-order valence-electron chi connectivity index (χ2n) is 4.87. The molecule has 0 unspecified atom stereocenters. The molecular formula is C13H16F3N3O. The smallest absolute Gasteiger partial charge is 0.399 e. The minimum absolute atomic E-state index is 0.0285. The summed E-state index contributed by atoms with van der Waals surface area (Å²) in [6.07, 6.45) is -2.74. The number of carbonyl (C=O) groups excluding carboxylic acids is 1. The lowest BCUT2D eigenvalue weighted by molar-refractivity contribution is -0.123. The standard InChI is InChI=1S/C13H16F3N3O/c14-13(15,16)8-18-12(20)19(11-5-6-11)7-9-1-3-10(17)4-2-9/h1-4,11H,5-8,17H2,(H,18,20). The van der Waals surface area contributed by atoms with Crippen LogP contribution in [0.15, 0.2) is 24.3 Å². The Kier molecular flexibility index (Phi) is 4.06. The van der Waals surface area contributed by atoms with Gasteiger partial charge in [0.2, 0.25) is 0 Å². The maximum Gasteiger partial charge on any atom is 0.405 e. The van der Waals surface area contributed by atoms with Gasteiger partial charge in [0, 0.05) is 18.3 Å². The van der Waals surface area contributed by atoms with Crippen LogP contribution in [0.25, 0.3) is 0 Å². The molecule has 1 aliphatic carbocycles. The van der Waals surface area contributed by atoms with Crippen LogP contribution >= 0.6 is 0 Å². The summed E-state index contributed by atoms with van der Waals surface area (Å²) >= 11 is 0. The lowest BCUT2D eigenvalue weighted by Crippen LogP contribution is -2.44. The first-order valence-electron chi connectivity index (χ1n) is 6.31. The molecule has 0 heterocycles. The van der Waals surface area contributed by atoms with Gasteiger partial charge >= 0.3 is 12.2 Å². The molecule has 2 rings (SSSR count). The number of hydrogen-bond acceptors (Lipinski definition) is 2. The van der Waals surface area contributed by atoms with E-state index < -0.39 is 18.8 Å². The average Bonchev–Trinajstić information content (AvgIpc) is 3.18. The summed E-state index contributed by atoms with van der Waals surface area (Å²) in [5.74, 6) is 0. The van der Waals surface area contributed by atoms with Gasteiger partial charge in [-0.3, -0.25) is 0 Å². The maximum atomic E-state index is 12.1. The van der Waals surface area contributed by atoms with E-state index in [2.05, 4.69) is 0 Å². The van der Waals surface area contributed by atoms with Crippen molar-refractivity contribution in [2.24, 2.45) is 0 Å². The molecule has 4 nitrogen and oxygen atoms in total. The molecule has 0 saturated heterocycles. The van der Waals surface area contributed by atoms with Crippen LogP contribution in [0.5, 0.6) is 0 Å². The van der Waals surface area contributed by atoms with E-state index in [1.54, 1.807) is 24.3 Å². The molecule has 1 fully saturated rings. The fraction of sp³-hybridized carbons (Fsp3) is 0.462. The number of nitrogens with two attached hydrogens (primary N) is 1. The number of rotatable bonds is 4. The fourth-order valence-corrected chi connectivity index (χ4v) is 1.85. The van der Waals surface area contributed by atoms with Crippen LogP contribution in [0.1, 0.15) is 18.4 Å². The van der Waals surface area contributed by atoms with Crippen LogP contribution in [0.3, 0.4) is 0 Å². The zero-order valence-electron chi connectivity index (χ0n) is 10.8. The van der Waals surface area contributed by atoms with Gasteiger partial charge in [0.05, 0.1) is 0 Å². The minimum Gasteiger partial charge on any atom is -0.399 e. The molecule has 7 heteroatoms. The van der Waals surface area contributed by atoms with Crippen LogP contribution in [0, 0.1) is 0 Å². The van der Waals surface area contributed by atoms with Gasteiger partial charge in [0.1, 0.15) is 6.54 Å². The SMILES string of the molecule is Nc1ccc(CN(C(=O)NCC(F)(F)F)C2CC2)cc1. The summed E-state index contributed by atoms with van der Waals surface area (Å²) in [4.78, 5) is 13.3. The summed E-state index contributed by atoms with van der Waals surface area (Å²) in [6.45, 7) is -1.02. The quantitative estimate of drug-likeness (QED) is 0.836. The van der Waals surface area contributed by atoms with Crippen LogP contribution < -0.4 is 11.1 Å². The van der Waals surface area contributed by atoms with E-state index in [0.717, 1.165) is 18.4 Å². The number of amides is 2. The number of urea groups is 1. The second-order valence-corrected chi connectivity index (χ2v) is 4.87. The number of nitrogens with one attached hydrogen (secondary N) is 1. The van der Waals surface area contributed by atoms with Crippen molar-refractivity contribution in [1.82, 2.24) is 10.2 Å². The Bertz CT molecular complexity index is 469. The molecule has 1 saturated carbocycles. The molecule has 0 bridgehead atoms. The van der Waals surface area contributed by atoms with Crippen molar-refractivity contribution in [2.75, 3.05) is 12.3 Å². The summed E-state index contributed by atoms with van der Waals surface area (Å²) in [7, 11) is 0. The highest BCUT2D eigenvalue weighted by molar-refractivity contribution is 5.75. The molecule has 0 aliphatic heterocycles. The largest absolute Gasteiger partial charge is 0.405 e. The molecule has 0 aromatic heterocycles. The first kappa shape index (κ1) is 14.5. The Morgan fingerprint density at radius 2 is 1.90 bits per heavy atom. The summed E-state index contributed by atoms with van der Waals surface area (Å²) < 4.78 is 36.4. The molecule has 110 valence electrons. The van der Waals surface area contributed by atoms with Crippen LogP contribution in [0.2, 0.25) is 0 Å². The Labute approximate surface area is 114 Å². The van der Waals surface area contributed by atoms with E-state index in [9.17, 15) is 18.0 Å². The molecule has 20 heavy (non-hydrogen) atoms. The van der Waals surface area contributed by atoms with Crippen molar-refractivity contribution in [2.45, 2.75) is 31.6 Å². The number of nitrogens with zero attached hydrogens (tertiary/aromatic N) is 1. The molecule has 3 N–H and O–H groups in total. The average molecular weight is 287 g/mol. The number of alkyl halides is 3. The third-order valence-corrected chi connectivity index (χ3v) is 3.02. The first-order chi connectivity index (χ1) is 9.35. The molecular weight excluding hydrogens is 271 g/mol. The monoisotopic (exact) mass is 287 g/mol. The molecule has 1 aliphatic rings. The van der Waals surface area contributed by atoms with Gasteiger partial charge in [-0.1, -0.05) is 12.1 Å². The molecule has 0 radical (unpaired) electrons. The van der Waals surface area contributed by atoms with Gasteiger partial charge in [-0.15, -0.1) is 0 Å². The van der Waals surface area contributed by atoms with E-state index >= 15 is 0 Å². The van der Waals surface area contributed by atoms with Gasteiger partial charge in [-0.2, -0.15) is 13.2 Å². The van der Waals surface area contributed by atoms with E-state index in [-0.39, 0.29) is 12.6 Å². The number of benzene rings is 1. The zero-order chi connectivity index (χ0) is 14.8. The number of anilines is 1. The van der Waals surface area contributed by atoms with Gasteiger partial charge in [-0.05, 0) is 30.5 Å². The Hall–Kier alpha value is -1.92. The van der Waals surface area contributed by atoms with Crippen molar-refractivity contribution in [3.05, 3.63) is 29.8 Å². The van der Waals surface area contributed by atoms with E-state index in [4.69, 9.17) is 5.73 Å². The minimum atomic E-state index is -4.40. The van der Waals surface area contributed by atoms with Crippen molar-refractivity contribution in [1.29, 1.82) is 0 Å². The summed E-state index contributed by atoms with van der Waals surface area (Å²) in [5.41, 5.74) is 7.01. The van der Waals surface area contributed by atoms with Gasteiger partial charge in [0.25, 0.3) is 0 Å². The molecule has 0 spiro atoms. The molecule has 0 atom stereocenters. The third-order valence-electron chi connectivity index (χ3n) is 3.02. The Balaban J connectivity index is 1.96. The van der Waals surface area contributed by atoms with E-state index in [1.807, 2.05) is 5.32 Å². The van der Waals surface area contributed by atoms with Gasteiger partial charge in [-0.25, -0.2) is 4.79 Å². The van der Waals surface area contributed by atoms with Gasteiger partial charge < -0.3 is 16.0 Å². The zero-order valence-corrected chi connectivity index (χ0v) is 10.8. The first-order valence-corrected chi connectivity index (χ1v) is 6.31. The van der Waals surface area contributed by atoms with Gasteiger partial charge in [0.15, 0.2) is 0 Å². The van der Waals surface area contributed by atoms with Crippen molar-refractivity contribution in [3.8, 4) is 0 Å². The third kappa shape index (κ3) is 4.32. The molecule has 2 amide bonds. The summed E-state index contributed by atoms with van der Waals surface area (Å²) in [5, 5.41) is 1.91. The van der Waals surface area contributed by atoms with E-state index in [0.29, 0.717) is 5.69 Å². The predicted octanol–water partition coefficient (Wildman–Crippen LogP) is 2.51. The van der Waals surface area contributed by atoms with Crippen LogP contribution in [-0.2, 0) is 6.54 Å². The molecule has 1 aromatic carbocycles. The Morgan fingerprint density at radius 3 is 2.40 bits per heavy atom. The normalized spacial score (nSPS) is 14.9. The lowest BCUT2D eigenvalue weighted by Gasteiger charge is -2.23. The highest BCUT2D eigenvalue weighted by Gasteiger charge is 2.34. The van der Waals surface area contributed by atoms with Crippen molar-refractivity contribution in [3.63, 3.8) is 0 Å². The van der Waals surface area contributed by atoms with Crippen molar-refractivity contribution < 1.29 is 18.0 Å². The maximum absolute atomic E-state index is 12.1. The van der Waals surface area contributed by atoms with E-state index in [1.165, 1.54) is 4.90 Å². The second kappa shape index (κ2) is 5.60. The number of nitrogen functional groups attached to an aromatic ring is 1. The lowest BCUT2D eigenvalue weighted by atomic mass is 10.2. The highest BCUT2D eigenvalue weighted by atomic mass is 19.4. The number of halogens is 3. The number of hydrogen-bond donors (Lipinski definition) is 2. The van der Waals surface area contributed by atoms with Crippen LogP contribution in [-0.4, -0.2) is 29.7 Å². The predicted molar refractivity (Wildman–Crippen MR) is 68.9 cm³/mol. The van der Waals surface area contributed by atoms with Crippen LogP contribution in [0.4, 0.5) is 23.7 Å². The Morgan fingerprint density at radius 1 is 1.30 bits per heavy atom. The highest BCUT2D eigenvalue weighted by Crippen LogP contribution is 2.28. The summed E-state index contributed by atoms with van der Waals surface area (Å²) in [6, 6.07) is 6.29. The fourth-order valence-electron chi connectivity index (χ4n) is 1.85. The number of carbonyl (C=O) groups is 1.